The molecule has 106 valence electrons. The molecule has 0 saturated carbocycles. The Morgan fingerprint density at radius 3 is 2.90 bits per heavy atom. The van der Waals surface area contributed by atoms with Gasteiger partial charge in [0, 0.05) is 10.9 Å². The van der Waals surface area contributed by atoms with Crippen LogP contribution in [-0.4, -0.2) is 25.8 Å². The SMILES string of the molecule is CC(C)n1ncnc1CSc1ccc(F)c(C(=O)O)c1. The number of aromatic carboxylic acids is 1. The number of carboxylic acids is 1. The molecule has 5 nitrogen and oxygen atoms in total. The Kier molecular flexibility index (Phi) is 4.39. The average molecular weight is 295 g/mol. The molecule has 0 fully saturated rings. The molecule has 1 aromatic heterocycles. The third-order valence-corrected chi connectivity index (χ3v) is 3.66. The second-order valence-corrected chi connectivity index (χ2v) is 5.50. The van der Waals surface area contributed by atoms with Crippen molar-refractivity contribution < 1.29 is 14.3 Å². The van der Waals surface area contributed by atoms with Gasteiger partial charge in [-0.3, -0.25) is 0 Å². The van der Waals surface area contributed by atoms with Crippen LogP contribution in [0, 0.1) is 5.82 Å². The maximum Gasteiger partial charge on any atom is 0.338 e. The summed E-state index contributed by atoms with van der Waals surface area (Å²) < 4.78 is 15.1. The summed E-state index contributed by atoms with van der Waals surface area (Å²) in [6, 6.07) is 4.26. The number of hydrogen-bond acceptors (Lipinski definition) is 4. The van der Waals surface area contributed by atoms with Crippen molar-refractivity contribution in [3.8, 4) is 0 Å². The molecule has 0 atom stereocenters. The van der Waals surface area contributed by atoms with Gasteiger partial charge in [-0.05, 0) is 32.0 Å². The van der Waals surface area contributed by atoms with E-state index in [9.17, 15) is 9.18 Å². The van der Waals surface area contributed by atoms with E-state index in [1.165, 1.54) is 30.2 Å². The summed E-state index contributed by atoms with van der Waals surface area (Å²) in [6.07, 6.45) is 1.49. The van der Waals surface area contributed by atoms with Crippen molar-refractivity contribution in [2.24, 2.45) is 0 Å². The maximum absolute atomic E-state index is 13.3. The van der Waals surface area contributed by atoms with E-state index < -0.39 is 11.8 Å². The summed E-state index contributed by atoms with van der Waals surface area (Å²) in [7, 11) is 0. The topological polar surface area (TPSA) is 68.0 Å². The Hall–Kier alpha value is -1.89. The van der Waals surface area contributed by atoms with Crippen molar-refractivity contribution >= 4 is 17.7 Å². The Morgan fingerprint density at radius 2 is 2.25 bits per heavy atom. The van der Waals surface area contributed by atoms with Gasteiger partial charge in [-0.15, -0.1) is 11.8 Å². The molecule has 1 aromatic carbocycles. The number of thioether (sulfide) groups is 1. The van der Waals surface area contributed by atoms with Crippen LogP contribution in [-0.2, 0) is 5.75 Å². The van der Waals surface area contributed by atoms with Crippen molar-refractivity contribution in [3.05, 3.63) is 41.7 Å². The molecule has 7 heteroatoms. The molecule has 1 heterocycles. The molecule has 0 amide bonds. The lowest BCUT2D eigenvalue weighted by Gasteiger charge is -2.09. The predicted molar refractivity (Wildman–Crippen MR) is 73.3 cm³/mol. The highest BCUT2D eigenvalue weighted by Gasteiger charge is 2.12. The number of carbonyl (C=O) groups is 1. The van der Waals surface area contributed by atoms with E-state index >= 15 is 0 Å². The molecule has 0 bridgehead atoms. The highest BCUT2D eigenvalue weighted by Crippen LogP contribution is 2.24. The quantitative estimate of drug-likeness (QED) is 0.859. The zero-order valence-electron chi connectivity index (χ0n) is 11.1. The highest BCUT2D eigenvalue weighted by atomic mass is 32.2. The van der Waals surface area contributed by atoms with Gasteiger partial charge < -0.3 is 5.11 Å². The molecule has 0 saturated heterocycles. The average Bonchev–Trinajstić information content (AvgIpc) is 2.86. The van der Waals surface area contributed by atoms with Crippen LogP contribution < -0.4 is 0 Å². The van der Waals surface area contributed by atoms with Crippen LogP contribution in [0.25, 0.3) is 0 Å². The zero-order valence-corrected chi connectivity index (χ0v) is 11.9. The van der Waals surface area contributed by atoms with E-state index in [1.807, 2.05) is 13.8 Å². The number of nitrogens with zero attached hydrogens (tertiary/aromatic N) is 3. The van der Waals surface area contributed by atoms with Crippen molar-refractivity contribution in [3.63, 3.8) is 0 Å². The lowest BCUT2D eigenvalue weighted by atomic mass is 10.2. The Balaban J connectivity index is 2.13. The van der Waals surface area contributed by atoms with Gasteiger partial charge in [0.25, 0.3) is 0 Å². The smallest absolute Gasteiger partial charge is 0.338 e. The number of halogens is 1. The fraction of sp³-hybridized carbons (Fsp3) is 0.308. The first-order chi connectivity index (χ1) is 9.49. The number of rotatable bonds is 5. The summed E-state index contributed by atoms with van der Waals surface area (Å²) >= 11 is 1.40. The number of hydrogen-bond donors (Lipinski definition) is 1. The van der Waals surface area contributed by atoms with Gasteiger partial charge in [-0.25, -0.2) is 18.9 Å². The van der Waals surface area contributed by atoms with Crippen LogP contribution in [0.3, 0.4) is 0 Å². The molecule has 1 N–H and O–H groups in total. The Bertz CT molecular complexity index is 628. The number of carboxylic acid groups (broad SMARTS) is 1. The molecular formula is C13H14FN3O2S. The van der Waals surface area contributed by atoms with E-state index in [0.717, 1.165) is 5.82 Å². The minimum Gasteiger partial charge on any atom is -0.478 e. The van der Waals surface area contributed by atoms with Crippen LogP contribution in [0.5, 0.6) is 0 Å². The Morgan fingerprint density at radius 1 is 1.50 bits per heavy atom. The summed E-state index contributed by atoms with van der Waals surface area (Å²) in [4.78, 5) is 15.7. The highest BCUT2D eigenvalue weighted by molar-refractivity contribution is 7.98. The van der Waals surface area contributed by atoms with E-state index in [4.69, 9.17) is 5.11 Å². The largest absolute Gasteiger partial charge is 0.478 e. The summed E-state index contributed by atoms with van der Waals surface area (Å²) in [5, 5.41) is 13.0. The molecule has 0 aliphatic rings. The van der Waals surface area contributed by atoms with E-state index in [0.29, 0.717) is 10.6 Å². The minimum atomic E-state index is -1.27. The molecule has 0 aliphatic carbocycles. The fourth-order valence-corrected chi connectivity index (χ4v) is 2.58. The fourth-order valence-electron chi connectivity index (χ4n) is 1.71. The maximum atomic E-state index is 13.3. The molecule has 0 radical (unpaired) electrons. The second kappa shape index (κ2) is 6.04. The minimum absolute atomic E-state index is 0.205. The first-order valence-corrected chi connectivity index (χ1v) is 7.01. The lowest BCUT2D eigenvalue weighted by Crippen LogP contribution is -2.07. The normalized spacial score (nSPS) is 11.0. The van der Waals surface area contributed by atoms with E-state index in [1.54, 1.807) is 10.7 Å². The monoisotopic (exact) mass is 295 g/mol. The molecule has 0 spiro atoms. The van der Waals surface area contributed by atoms with Crippen LogP contribution in [0.4, 0.5) is 4.39 Å². The number of aromatic nitrogens is 3. The first kappa shape index (κ1) is 14.5. The number of benzene rings is 1. The standard InChI is InChI=1S/C13H14FN3O2S/c1-8(2)17-12(15-7-16-17)6-20-9-3-4-11(14)10(5-9)13(18)19/h3-5,7-8H,6H2,1-2H3,(H,18,19). The van der Waals surface area contributed by atoms with Crippen molar-refractivity contribution in [2.45, 2.75) is 30.5 Å². The van der Waals surface area contributed by atoms with E-state index in [-0.39, 0.29) is 11.6 Å². The lowest BCUT2D eigenvalue weighted by molar-refractivity contribution is 0.0691. The van der Waals surface area contributed by atoms with Gasteiger partial charge in [0.2, 0.25) is 0 Å². The molecule has 0 unspecified atom stereocenters. The Labute approximate surface area is 119 Å². The third kappa shape index (κ3) is 3.16. The second-order valence-electron chi connectivity index (χ2n) is 4.45. The summed E-state index contributed by atoms with van der Waals surface area (Å²) in [6.45, 7) is 4.01. The van der Waals surface area contributed by atoms with Crippen molar-refractivity contribution in [1.29, 1.82) is 0 Å². The molecule has 2 aromatic rings. The van der Waals surface area contributed by atoms with Crippen LogP contribution in [0.1, 0.15) is 36.1 Å². The van der Waals surface area contributed by atoms with Gasteiger partial charge in [0.05, 0.1) is 11.3 Å². The van der Waals surface area contributed by atoms with Crippen LogP contribution in [0.15, 0.2) is 29.4 Å². The van der Waals surface area contributed by atoms with E-state index in [2.05, 4.69) is 10.1 Å². The van der Waals surface area contributed by atoms with Gasteiger partial charge in [0.15, 0.2) is 0 Å². The molecular weight excluding hydrogens is 281 g/mol. The zero-order chi connectivity index (χ0) is 14.7. The van der Waals surface area contributed by atoms with Crippen molar-refractivity contribution in [1.82, 2.24) is 14.8 Å². The first-order valence-electron chi connectivity index (χ1n) is 6.03. The van der Waals surface area contributed by atoms with Gasteiger partial charge in [-0.1, -0.05) is 0 Å². The third-order valence-electron chi connectivity index (χ3n) is 2.67. The van der Waals surface area contributed by atoms with Gasteiger partial charge in [-0.2, -0.15) is 5.10 Å². The summed E-state index contributed by atoms with van der Waals surface area (Å²) in [5.41, 5.74) is -0.319. The summed E-state index contributed by atoms with van der Waals surface area (Å²) in [5.74, 6) is -0.656. The van der Waals surface area contributed by atoms with Gasteiger partial charge in [0.1, 0.15) is 18.0 Å². The van der Waals surface area contributed by atoms with Crippen LogP contribution >= 0.6 is 11.8 Å². The molecule has 0 aliphatic heterocycles. The van der Waals surface area contributed by atoms with Gasteiger partial charge >= 0.3 is 5.97 Å². The molecule has 20 heavy (non-hydrogen) atoms. The van der Waals surface area contributed by atoms with Crippen molar-refractivity contribution in [2.75, 3.05) is 0 Å². The molecule has 2 rings (SSSR count). The van der Waals surface area contributed by atoms with Crippen LogP contribution in [0.2, 0.25) is 0 Å². The predicted octanol–water partition coefficient (Wildman–Crippen LogP) is 2.99.